The molecule has 8 heteroatoms. The molecule has 0 radical (unpaired) electrons. The maximum atomic E-state index is 12.2. The molecule has 0 heterocycles. The minimum atomic E-state index is -0.939. The highest BCUT2D eigenvalue weighted by Crippen LogP contribution is 2.36. The van der Waals surface area contributed by atoms with Gasteiger partial charge >= 0.3 is 0 Å². The standard InChI is InChI=1S/C20H24ClNO6/c1-13(28-16-8-5-4-7-15(16)21)20(24)22-11-14(23)12-27-19-17(25-2)9-6-10-18(19)26-3/h4-10,13-14,23H,11-12H2,1-3H3,(H,22,24). The molecule has 0 aliphatic heterocycles. The van der Waals surface area contributed by atoms with E-state index < -0.39 is 12.2 Å². The molecule has 0 aliphatic rings. The van der Waals surface area contributed by atoms with Gasteiger partial charge in [-0.25, -0.2) is 0 Å². The zero-order valence-corrected chi connectivity index (χ0v) is 16.7. The van der Waals surface area contributed by atoms with Crippen LogP contribution in [0.4, 0.5) is 0 Å². The normalized spacial score (nSPS) is 12.6. The minimum absolute atomic E-state index is 0.00742. The number of carbonyl (C=O) groups excluding carboxylic acids is 1. The molecule has 152 valence electrons. The predicted octanol–water partition coefficient (Wildman–Crippen LogP) is 2.68. The van der Waals surface area contributed by atoms with Gasteiger partial charge in [-0.2, -0.15) is 0 Å². The lowest BCUT2D eigenvalue weighted by molar-refractivity contribution is -0.127. The van der Waals surface area contributed by atoms with Crippen LogP contribution in [-0.4, -0.2) is 50.6 Å². The average Bonchev–Trinajstić information content (AvgIpc) is 2.71. The van der Waals surface area contributed by atoms with E-state index in [1.165, 1.54) is 14.2 Å². The smallest absolute Gasteiger partial charge is 0.260 e. The third-order valence-electron chi connectivity index (χ3n) is 3.82. The number of para-hydroxylation sites is 2. The van der Waals surface area contributed by atoms with E-state index in [4.69, 9.17) is 30.5 Å². The fourth-order valence-electron chi connectivity index (χ4n) is 2.34. The monoisotopic (exact) mass is 409 g/mol. The van der Waals surface area contributed by atoms with E-state index in [1.54, 1.807) is 49.4 Å². The molecule has 2 aromatic rings. The molecule has 2 unspecified atom stereocenters. The number of nitrogens with one attached hydrogen (secondary N) is 1. The van der Waals surface area contributed by atoms with Gasteiger partial charge in [0.25, 0.3) is 5.91 Å². The Morgan fingerprint density at radius 2 is 1.68 bits per heavy atom. The van der Waals surface area contributed by atoms with Crippen molar-refractivity contribution in [2.75, 3.05) is 27.4 Å². The van der Waals surface area contributed by atoms with Crippen LogP contribution in [0.1, 0.15) is 6.92 Å². The van der Waals surface area contributed by atoms with Crippen molar-refractivity contribution in [3.8, 4) is 23.0 Å². The topological polar surface area (TPSA) is 86.3 Å². The highest BCUT2D eigenvalue weighted by molar-refractivity contribution is 6.32. The molecule has 0 spiro atoms. The fourth-order valence-corrected chi connectivity index (χ4v) is 2.52. The van der Waals surface area contributed by atoms with Gasteiger partial charge in [-0.3, -0.25) is 4.79 Å². The summed E-state index contributed by atoms with van der Waals surface area (Å²) in [6.45, 7) is 1.53. The summed E-state index contributed by atoms with van der Waals surface area (Å²) in [5.41, 5.74) is 0. The summed E-state index contributed by atoms with van der Waals surface area (Å²) < 4.78 is 21.6. The van der Waals surface area contributed by atoms with Crippen LogP contribution >= 0.6 is 11.6 Å². The molecule has 0 saturated heterocycles. The van der Waals surface area contributed by atoms with Gasteiger partial charge in [0, 0.05) is 6.54 Å². The Morgan fingerprint density at radius 1 is 1.07 bits per heavy atom. The van der Waals surface area contributed by atoms with E-state index in [9.17, 15) is 9.90 Å². The van der Waals surface area contributed by atoms with Crippen molar-refractivity contribution in [2.45, 2.75) is 19.1 Å². The van der Waals surface area contributed by atoms with Crippen molar-refractivity contribution in [3.63, 3.8) is 0 Å². The van der Waals surface area contributed by atoms with Crippen LogP contribution in [0.2, 0.25) is 5.02 Å². The van der Waals surface area contributed by atoms with Gasteiger partial charge in [0.15, 0.2) is 17.6 Å². The zero-order valence-electron chi connectivity index (χ0n) is 16.0. The lowest BCUT2D eigenvalue weighted by Crippen LogP contribution is -2.41. The van der Waals surface area contributed by atoms with Crippen molar-refractivity contribution >= 4 is 17.5 Å². The van der Waals surface area contributed by atoms with Crippen molar-refractivity contribution in [1.82, 2.24) is 5.32 Å². The summed E-state index contributed by atoms with van der Waals surface area (Å²) in [5.74, 6) is 1.39. The summed E-state index contributed by atoms with van der Waals surface area (Å²) >= 11 is 6.02. The number of hydrogen-bond acceptors (Lipinski definition) is 6. The van der Waals surface area contributed by atoms with Gasteiger partial charge in [0.2, 0.25) is 5.75 Å². The quantitative estimate of drug-likeness (QED) is 0.627. The zero-order chi connectivity index (χ0) is 20.5. The van der Waals surface area contributed by atoms with Crippen molar-refractivity contribution in [3.05, 3.63) is 47.5 Å². The third kappa shape index (κ3) is 5.94. The Hall–Kier alpha value is -2.64. The maximum Gasteiger partial charge on any atom is 0.260 e. The van der Waals surface area contributed by atoms with Gasteiger partial charge < -0.3 is 29.4 Å². The first-order valence-electron chi connectivity index (χ1n) is 8.67. The molecule has 0 saturated carbocycles. The highest BCUT2D eigenvalue weighted by Gasteiger charge is 2.18. The van der Waals surface area contributed by atoms with E-state index in [0.717, 1.165) is 0 Å². The Balaban J connectivity index is 1.83. The minimum Gasteiger partial charge on any atom is -0.493 e. The van der Waals surface area contributed by atoms with Gasteiger partial charge in [-0.15, -0.1) is 0 Å². The molecule has 0 fully saturated rings. The molecule has 0 bridgehead atoms. The van der Waals surface area contributed by atoms with Crippen LogP contribution in [0.3, 0.4) is 0 Å². The second-order valence-electron chi connectivity index (χ2n) is 5.89. The van der Waals surface area contributed by atoms with E-state index in [-0.39, 0.29) is 19.1 Å². The first kappa shape index (κ1) is 21.7. The van der Waals surface area contributed by atoms with Crippen LogP contribution in [0.15, 0.2) is 42.5 Å². The average molecular weight is 410 g/mol. The Labute approximate surface area is 169 Å². The Bertz CT molecular complexity index is 763. The van der Waals surface area contributed by atoms with Gasteiger partial charge in [-0.05, 0) is 31.2 Å². The third-order valence-corrected chi connectivity index (χ3v) is 4.14. The number of rotatable bonds is 10. The SMILES string of the molecule is COc1cccc(OC)c1OCC(O)CNC(=O)C(C)Oc1ccccc1Cl. The summed E-state index contributed by atoms with van der Waals surface area (Å²) in [7, 11) is 3.03. The van der Waals surface area contributed by atoms with Crippen molar-refractivity contribution in [2.24, 2.45) is 0 Å². The molecule has 1 amide bonds. The molecule has 2 rings (SSSR count). The number of carbonyl (C=O) groups is 1. The molecule has 7 nitrogen and oxygen atoms in total. The fraction of sp³-hybridized carbons (Fsp3) is 0.350. The van der Waals surface area contributed by atoms with E-state index in [0.29, 0.717) is 28.0 Å². The van der Waals surface area contributed by atoms with Crippen LogP contribution in [-0.2, 0) is 4.79 Å². The summed E-state index contributed by atoms with van der Waals surface area (Å²) in [5, 5.41) is 13.2. The predicted molar refractivity (Wildman–Crippen MR) is 106 cm³/mol. The van der Waals surface area contributed by atoms with Gasteiger partial charge in [0.05, 0.1) is 19.2 Å². The summed E-state index contributed by atoms with van der Waals surface area (Å²) in [6.07, 6.45) is -1.71. The molecule has 2 atom stereocenters. The molecular weight excluding hydrogens is 386 g/mol. The van der Waals surface area contributed by atoms with E-state index in [1.807, 2.05) is 0 Å². The number of aliphatic hydroxyl groups is 1. The van der Waals surface area contributed by atoms with E-state index in [2.05, 4.69) is 5.32 Å². The molecule has 2 N–H and O–H groups in total. The van der Waals surface area contributed by atoms with Gasteiger partial charge in [-0.1, -0.05) is 29.8 Å². The number of methoxy groups -OCH3 is 2. The second-order valence-corrected chi connectivity index (χ2v) is 6.30. The van der Waals surface area contributed by atoms with Crippen molar-refractivity contribution in [1.29, 1.82) is 0 Å². The van der Waals surface area contributed by atoms with Crippen LogP contribution in [0, 0.1) is 0 Å². The van der Waals surface area contributed by atoms with E-state index >= 15 is 0 Å². The molecule has 28 heavy (non-hydrogen) atoms. The molecule has 0 aliphatic carbocycles. The molecular formula is C20H24ClNO6. The second kappa shape index (κ2) is 10.6. The largest absolute Gasteiger partial charge is 0.493 e. The molecule has 2 aromatic carbocycles. The van der Waals surface area contributed by atoms with Gasteiger partial charge in [0.1, 0.15) is 18.5 Å². The number of ether oxygens (including phenoxy) is 4. The van der Waals surface area contributed by atoms with Crippen LogP contribution < -0.4 is 24.3 Å². The van der Waals surface area contributed by atoms with Crippen molar-refractivity contribution < 1.29 is 28.8 Å². The first-order chi connectivity index (χ1) is 13.5. The Morgan fingerprint density at radius 3 is 2.29 bits per heavy atom. The maximum absolute atomic E-state index is 12.2. The number of aliphatic hydroxyl groups excluding tert-OH is 1. The summed E-state index contributed by atoms with van der Waals surface area (Å²) in [4.78, 5) is 12.2. The molecule has 0 aromatic heterocycles. The number of amides is 1. The highest BCUT2D eigenvalue weighted by atomic mass is 35.5. The number of halogens is 1. The number of benzene rings is 2. The Kier molecular flexibility index (Phi) is 8.22. The van der Waals surface area contributed by atoms with Crippen LogP contribution in [0.5, 0.6) is 23.0 Å². The summed E-state index contributed by atoms with van der Waals surface area (Å²) in [6, 6.07) is 12.1. The lowest BCUT2D eigenvalue weighted by atomic mass is 10.3. The lowest BCUT2D eigenvalue weighted by Gasteiger charge is -2.19. The van der Waals surface area contributed by atoms with Crippen LogP contribution in [0.25, 0.3) is 0 Å². The first-order valence-corrected chi connectivity index (χ1v) is 9.04. The number of hydrogen-bond donors (Lipinski definition) is 2.